The molecule has 2 atom stereocenters. The van der Waals surface area contributed by atoms with Crippen LogP contribution >= 0.6 is 0 Å². The average Bonchev–Trinajstić information content (AvgIpc) is 2.82. The predicted octanol–water partition coefficient (Wildman–Crippen LogP) is 5.21. The molecule has 1 amide bonds. The maximum atomic E-state index is 10.5. The standard InChI is InChI=1S/C14H23NO.C8H9NO2.C6H5NO2/c1-5-14(11(2)10-15(3)4)12-7-6-8-13(16)9-12;1-6(10)9-7-2-4-8(11)5-3-7;8-6(9)5-2-1-3-7-4-5/h6-9,11,14,16H,5,10H2,1-4H3;2-5,11H,1H3,(H,9,10);1-4H,(H,8,9)/t11-,14+;;/m0../s1. The number of phenols is 2. The van der Waals surface area contributed by atoms with Gasteiger partial charge in [-0.3, -0.25) is 9.78 Å². The van der Waals surface area contributed by atoms with E-state index in [1.807, 2.05) is 12.1 Å². The molecule has 194 valence electrons. The summed E-state index contributed by atoms with van der Waals surface area (Å²) in [5, 5.41) is 29.3. The fourth-order valence-corrected chi connectivity index (χ4v) is 3.66. The fraction of sp³-hybridized carbons (Fsp3) is 0.321. The summed E-state index contributed by atoms with van der Waals surface area (Å²) >= 11 is 0. The number of carboxylic acid groups (broad SMARTS) is 1. The van der Waals surface area contributed by atoms with E-state index in [-0.39, 0.29) is 17.2 Å². The largest absolute Gasteiger partial charge is 0.508 e. The van der Waals surface area contributed by atoms with Crippen LogP contribution in [0.25, 0.3) is 0 Å². The van der Waals surface area contributed by atoms with Crippen LogP contribution in [0.4, 0.5) is 5.69 Å². The van der Waals surface area contributed by atoms with Gasteiger partial charge in [-0.1, -0.05) is 26.0 Å². The maximum Gasteiger partial charge on any atom is 0.337 e. The zero-order valence-electron chi connectivity index (χ0n) is 21.5. The lowest BCUT2D eigenvalue weighted by Gasteiger charge is -2.26. The maximum absolute atomic E-state index is 10.5. The van der Waals surface area contributed by atoms with Crippen molar-refractivity contribution in [2.45, 2.75) is 33.1 Å². The Balaban J connectivity index is 0.000000283. The molecule has 0 unspecified atom stereocenters. The van der Waals surface area contributed by atoms with Gasteiger partial charge in [0.05, 0.1) is 5.56 Å². The van der Waals surface area contributed by atoms with Crippen molar-refractivity contribution in [2.75, 3.05) is 26.0 Å². The number of carbonyl (C=O) groups is 2. The Morgan fingerprint density at radius 1 is 1.00 bits per heavy atom. The Hall–Kier alpha value is -3.91. The summed E-state index contributed by atoms with van der Waals surface area (Å²) in [6.45, 7) is 7.00. The summed E-state index contributed by atoms with van der Waals surface area (Å²) in [5.74, 6) is 0.627. The number of benzene rings is 2. The van der Waals surface area contributed by atoms with E-state index in [1.165, 1.54) is 43.1 Å². The third-order valence-corrected chi connectivity index (χ3v) is 5.17. The molecule has 1 heterocycles. The van der Waals surface area contributed by atoms with Crippen molar-refractivity contribution in [1.82, 2.24) is 9.88 Å². The van der Waals surface area contributed by atoms with Crippen LogP contribution in [-0.4, -0.2) is 57.7 Å². The van der Waals surface area contributed by atoms with Crippen LogP contribution in [0.15, 0.2) is 73.1 Å². The van der Waals surface area contributed by atoms with Crippen LogP contribution in [0, 0.1) is 5.92 Å². The quantitative estimate of drug-likeness (QED) is 0.332. The molecule has 0 fully saturated rings. The van der Waals surface area contributed by atoms with E-state index in [0.29, 0.717) is 23.3 Å². The van der Waals surface area contributed by atoms with Crippen molar-refractivity contribution in [3.63, 3.8) is 0 Å². The monoisotopic (exact) mass is 495 g/mol. The van der Waals surface area contributed by atoms with Crippen molar-refractivity contribution in [1.29, 1.82) is 0 Å². The molecule has 0 saturated carbocycles. The molecule has 0 radical (unpaired) electrons. The predicted molar refractivity (Wildman–Crippen MR) is 142 cm³/mol. The lowest BCUT2D eigenvalue weighted by molar-refractivity contribution is -0.114. The molecular formula is C28H37N3O5. The Morgan fingerprint density at radius 3 is 2.11 bits per heavy atom. The number of amides is 1. The minimum absolute atomic E-state index is 0.115. The molecule has 8 heteroatoms. The van der Waals surface area contributed by atoms with E-state index < -0.39 is 5.97 Å². The van der Waals surface area contributed by atoms with Gasteiger partial charge in [-0.25, -0.2) is 4.79 Å². The number of carbonyl (C=O) groups excluding carboxylic acids is 1. The molecule has 0 aliphatic heterocycles. The first-order valence-electron chi connectivity index (χ1n) is 11.7. The van der Waals surface area contributed by atoms with Crippen molar-refractivity contribution in [3.05, 3.63) is 84.2 Å². The highest BCUT2D eigenvalue weighted by atomic mass is 16.4. The number of rotatable bonds is 7. The molecule has 2 aromatic carbocycles. The summed E-state index contributed by atoms with van der Waals surface area (Å²) in [5.41, 5.74) is 2.16. The molecule has 3 rings (SSSR count). The van der Waals surface area contributed by atoms with E-state index in [1.54, 1.807) is 24.3 Å². The molecule has 0 spiro atoms. The fourth-order valence-electron chi connectivity index (χ4n) is 3.66. The molecule has 0 aliphatic carbocycles. The van der Waals surface area contributed by atoms with Gasteiger partial charge >= 0.3 is 5.97 Å². The zero-order valence-corrected chi connectivity index (χ0v) is 21.5. The van der Waals surface area contributed by atoms with Crippen molar-refractivity contribution < 1.29 is 24.9 Å². The second kappa shape index (κ2) is 15.9. The molecule has 36 heavy (non-hydrogen) atoms. The minimum atomic E-state index is -0.942. The van der Waals surface area contributed by atoms with Crippen LogP contribution in [-0.2, 0) is 4.79 Å². The SMILES string of the molecule is CC(=O)Nc1ccc(O)cc1.CC[C@@H](c1cccc(O)c1)[C@@H](C)CN(C)C.O=C(O)c1cccnc1. The lowest BCUT2D eigenvalue weighted by atomic mass is 9.85. The summed E-state index contributed by atoms with van der Waals surface area (Å²) < 4.78 is 0. The summed E-state index contributed by atoms with van der Waals surface area (Å²) in [4.78, 5) is 26.5. The number of aromatic carboxylic acids is 1. The second-order valence-corrected chi connectivity index (χ2v) is 8.62. The normalized spacial score (nSPS) is 11.7. The number of aromatic hydroxyl groups is 2. The van der Waals surface area contributed by atoms with Gasteiger partial charge in [-0.2, -0.15) is 0 Å². The lowest BCUT2D eigenvalue weighted by Crippen LogP contribution is -2.24. The third kappa shape index (κ3) is 12.0. The first kappa shape index (κ1) is 30.1. The van der Waals surface area contributed by atoms with Crippen LogP contribution in [0.3, 0.4) is 0 Å². The molecule has 3 aromatic rings. The van der Waals surface area contributed by atoms with Crippen molar-refractivity contribution >= 4 is 17.6 Å². The number of anilines is 1. The van der Waals surface area contributed by atoms with E-state index in [4.69, 9.17) is 10.2 Å². The molecular weight excluding hydrogens is 458 g/mol. The number of aromatic nitrogens is 1. The van der Waals surface area contributed by atoms with Gasteiger partial charge in [0.1, 0.15) is 11.5 Å². The number of carboxylic acids is 1. The Kier molecular flexibility index (Phi) is 13.3. The summed E-state index contributed by atoms with van der Waals surface area (Å²) in [6, 6.07) is 17.0. The number of hydrogen-bond donors (Lipinski definition) is 4. The highest BCUT2D eigenvalue weighted by Crippen LogP contribution is 2.30. The Labute approximate surface area is 213 Å². The van der Waals surface area contributed by atoms with Crippen molar-refractivity contribution in [2.24, 2.45) is 5.92 Å². The molecule has 0 saturated heterocycles. The molecule has 0 aliphatic rings. The average molecular weight is 496 g/mol. The number of phenolic OH excluding ortho intramolecular Hbond substituents is 2. The number of nitrogens with one attached hydrogen (secondary N) is 1. The Morgan fingerprint density at radius 2 is 1.67 bits per heavy atom. The molecule has 0 bridgehead atoms. The van der Waals surface area contributed by atoms with Gasteiger partial charge in [-0.05, 0) is 86.4 Å². The van der Waals surface area contributed by atoms with Crippen LogP contribution in [0.2, 0.25) is 0 Å². The Bertz CT molecular complexity index is 1060. The summed E-state index contributed by atoms with van der Waals surface area (Å²) in [6.07, 6.45) is 3.95. The number of hydrogen-bond acceptors (Lipinski definition) is 6. The number of pyridine rings is 1. The summed E-state index contributed by atoms with van der Waals surface area (Å²) in [7, 11) is 4.21. The van der Waals surface area contributed by atoms with E-state index in [9.17, 15) is 14.7 Å². The van der Waals surface area contributed by atoms with Crippen molar-refractivity contribution in [3.8, 4) is 11.5 Å². The minimum Gasteiger partial charge on any atom is -0.508 e. The van der Waals surface area contributed by atoms with E-state index >= 15 is 0 Å². The number of nitrogens with zero attached hydrogens (tertiary/aromatic N) is 2. The second-order valence-electron chi connectivity index (χ2n) is 8.62. The first-order chi connectivity index (χ1) is 17.0. The molecule has 1 aromatic heterocycles. The highest BCUT2D eigenvalue weighted by molar-refractivity contribution is 5.88. The van der Waals surface area contributed by atoms with Crippen LogP contribution in [0.1, 0.15) is 49.0 Å². The van der Waals surface area contributed by atoms with E-state index in [2.05, 4.69) is 49.2 Å². The molecule has 4 N–H and O–H groups in total. The van der Waals surface area contributed by atoms with Gasteiger partial charge < -0.3 is 25.5 Å². The van der Waals surface area contributed by atoms with Gasteiger partial charge in [-0.15, -0.1) is 0 Å². The van der Waals surface area contributed by atoms with Crippen LogP contribution < -0.4 is 5.32 Å². The zero-order chi connectivity index (χ0) is 27.1. The van der Waals surface area contributed by atoms with Gasteiger partial charge in [0, 0.05) is 31.5 Å². The highest BCUT2D eigenvalue weighted by Gasteiger charge is 2.18. The van der Waals surface area contributed by atoms with Gasteiger partial charge in [0.15, 0.2) is 0 Å². The third-order valence-electron chi connectivity index (χ3n) is 5.17. The molecule has 8 nitrogen and oxygen atoms in total. The van der Waals surface area contributed by atoms with Crippen LogP contribution in [0.5, 0.6) is 11.5 Å². The topological polar surface area (TPSA) is 123 Å². The first-order valence-corrected chi connectivity index (χ1v) is 11.7. The van der Waals surface area contributed by atoms with Gasteiger partial charge in [0.25, 0.3) is 0 Å². The smallest absolute Gasteiger partial charge is 0.337 e. The van der Waals surface area contributed by atoms with Gasteiger partial charge in [0.2, 0.25) is 5.91 Å². The van der Waals surface area contributed by atoms with E-state index in [0.717, 1.165) is 13.0 Å².